The summed E-state index contributed by atoms with van der Waals surface area (Å²) in [4.78, 5) is 40.0. The first-order valence-corrected chi connectivity index (χ1v) is 13.4. The van der Waals surface area contributed by atoms with Crippen molar-refractivity contribution in [1.29, 1.82) is 0 Å². The number of fused-ring (bicyclic) bond motifs is 1. The van der Waals surface area contributed by atoms with E-state index < -0.39 is 28.6 Å². The quantitative estimate of drug-likeness (QED) is 0.266. The summed E-state index contributed by atoms with van der Waals surface area (Å²) in [5, 5.41) is 13.4. The van der Waals surface area contributed by atoms with Crippen LogP contribution < -0.4 is 21.7 Å². The number of nitrogens with zero attached hydrogens (tertiary/aromatic N) is 6. The van der Waals surface area contributed by atoms with Gasteiger partial charge in [0.2, 0.25) is 0 Å². The maximum absolute atomic E-state index is 13.0. The number of ether oxygens (including phenoxy) is 1. The fraction of sp³-hybridized carbons (Fsp3) is 0.129. The van der Waals surface area contributed by atoms with Crippen LogP contribution in [0.1, 0.15) is 30.2 Å². The second kappa shape index (κ2) is 12.1. The number of hydrogen-bond acceptors (Lipinski definition) is 7. The highest BCUT2D eigenvalue weighted by Gasteiger charge is 2.19. The van der Waals surface area contributed by atoms with E-state index >= 15 is 0 Å². The molecule has 4 heterocycles. The Hall–Kier alpha value is -5.98. The van der Waals surface area contributed by atoms with Gasteiger partial charge in [0.25, 0.3) is 5.56 Å². The van der Waals surface area contributed by atoms with Crippen molar-refractivity contribution >= 4 is 17.2 Å². The predicted molar refractivity (Wildman–Crippen MR) is 162 cm³/mol. The molecule has 0 saturated carbocycles. The van der Waals surface area contributed by atoms with E-state index in [0.717, 1.165) is 55.7 Å². The second-order valence-electron chi connectivity index (χ2n) is 10.1. The third-order valence-corrected chi connectivity index (χ3v) is 6.56. The first-order chi connectivity index (χ1) is 21.0. The molecule has 6 aromatic rings. The van der Waals surface area contributed by atoms with E-state index in [1.165, 1.54) is 12.1 Å². The first kappa shape index (κ1) is 29.5. The van der Waals surface area contributed by atoms with Crippen molar-refractivity contribution in [1.82, 2.24) is 28.3 Å². The number of aromatic carboxylic acids is 1. The molecule has 0 unspecified atom stereocenters. The summed E-state index contributed by atoms with van der Waals surface area (Å²) in [6.07, 6.45) is 8.43. The lowest BCUT2D eigenvalue weighted by Gasteiger charge is -2.14. The summed E-state index contributed by atoms with van der Waals surface area (Å²) in [5.41, 5.74) is 7.09. The molecule has 0 atom stereocenters. The largest absolute Gasteiger partial charge is 0.477 e. The van der Waals surface area contributed by atoms with Crippen molar-refractivity contribution in [3.05, 3.63) is 124 Å². The Balaban J connectivity index is 0.000000176. The average molecular weight is 598 g/mol. The van der Waals surface area contributed by atoms with Crippen LogP contribution in [-0.4, -0.2) is 39.4 Å². The molecule has 0 spiro atoms. The van der Waals surface area contributed by atoms with E-state index in [0.29, 0.717) is 5.69 Å². The third-order valence-electron chi connectivity index (χ3n) is 6.56. The molecule has 0 aliphatic carbocycles. The molecule has 12 nitrogen and oxygen atoms in total. The van der Waals surface area contributed by atoms with Gasteiger partial charge in [0, 0.05) is 42.9 Å². The Kier molecular flexibility index (Phi) is 8.11. The molecule has 0 aliphatic rings. The lowest BCUT2D eigenvalue weighted by molar-refractivity contribution is 0.0693. The number of carbonyl (C=O) groups is 1. The Morgan fingerprint density at radius 2 is 1.70 bits per heavy atom. The number of carboxylic acids is 1. The molecule has 0 saturated heterocycles. The van der Waals surface area contributed by atoms with Gasteiger partial charge >= 0.3 is 11.7 Å². The first-order valence-electron chi connectivity index (χ1n) is 13.4. The Morgan fingerprint density at radius 1 is 1.00 bits per heavy atom. The van der Waals surface area contributed by atoms with E-state index in [9.17, 15) is 18.8 Å². The van der Waals surface area contributed by atoms with Crippen molar-refractivity contribution in [2.45, 2.75) is 19.9 Å². The van der Waals surface area contributed by atoms with Crippen LogP contribution in [0.25, 0.3) is 22.5 Å². The molecule has 224 valence electrons. The van der Waals surface area contributed by atoms with Crippen LogP contribution in [0.2, 0.25) is 0 Å². The molecule has 0 bridgehead atoms. The summed E-state index contributed by atoms with van der Waals surface area (Å²) in [6, 6.07) is 15.5. The number of nitrogens with two attached hydrogens (primary N) is 1. The van der Waals surface area contributed by atoms with Crippen LogP contribution in [0.5, 0.6) is 11.5 Å². The molecular formula is C31H28FN7O5. The standard InChI is InChI=1S/C17H15N5O.C14H13FN2O4/c1-21-10-15(19-11-21)12-8-17(16-6-7-20-22(16)9-12)23-14-4-2-13(18)3-5-14;1-8(2)16-7-11(13(19)20)12(18)17(14(16)21)10-5-3-9(15)4-6-10/h2-11H,18H2,1H3;3-8H,1-2H3,(H,19,20). The Bertz CT molecular complexity index is 2070. The Morgan fingerprint density at radius 3 is 2.32 bits per heavy atom. The van der Waals surface area contributed by atoms with Gasteiger partial charge in [-0.2, -0.15) is 5.10 Å². The van der Waals surface area contributed by atoms with Gasteiger partial charge in [0.05, 0.1) is 23.9 Å². The zero-order valence-corrected chi connectivity index (χ0v) is 24.0. The number of nitrogen functional groups attached to an aromatic ring is 1. The highest BCUT2D eigenvalue weighted by atomic mass is 19.1. The van der Waals surface area contributed by atoms with Crippen LogP contribution in [0.15, 0.2) is 101 Å². The number of imidazole rings is 1. The van der Waals surface area contributed by atoms with Crippen LogP contribution >= 0.6 is 0 Å². The van der Waals surface area contributed by atoms with Gasteiger partial charge in [-0.3, -0.25) is 9.36 Å². The topological polar surface area (TPSA) is 152 Å². The van der Waals surface area contributed by atoms with Crippen LogP contribution in [0, 0.1) is 5.82 Å². The zero-order chi connectivity index (χ0) is 31.5. The molecule has 4 aromatic heterocycles. The minimum atomic E-state index is -1.43. The van der Waals surface area contributed by atoms with E-state index in [-0.39, 0.29) is 11.7 Å². The minimum absolute atomic E-state index is 0.115. The Labute approximate surface area is 249 Å². The van der Waals surface area contributed by atoms with Gasteiger partial charge in [-0.15, -0.1) is 0 Å². The minimum Gasteiger partial charge on any atom is -0.477 e. The molecular weight excluding hydrogens is 569 g/mol. The molecule has 2 aromatic carbocycles. The van der Waals surface area contributed by atoms with E-state index in [4.69, 9.17) is 15.6 Å². The molecule has 0 radical (unpaired) electrons. The monoisotopic (exact) mass is 597 g/mol. The van der Waals surface area contributed by atoms with Gasteiger partial charge in [-0.1, -0.05) is 0 Å². The van der Waals surface area contributed by atoms with Gasteiger partial charge in [0.1, 0.15) is 22.6 Å². The lowest BCUT2D eigenvalue weighted by Crippen LogP contribution is -2.41. The van der Waals surface area contributed by atoms with Gasteiger partial charge in [-0.05, 0) is 74.5 Å². The summed E-state index contributed by atoms with van der Waals surface area (Å²) in [6.45, 7) is 3.37. The average Bonchev–Trinajstić information content (AvgIpc) is 3.64. The number of aryl methyl sites for hydroxylation is 1. The number of halogens is 1. The molecule has 0 fully saturated rings. The number of hydrogen-bond donors (Lipinski definition) is 2. The smallest absolute Gasteiger partial charge is 0.342 e. The summed E-state index contributed by atoms with van der Waals surface area (Å²) in [5.74, 6) is -0.508. The van der Waals surface area contributed by atoms with E-state index in [2.05, 4.69) is 10.1 Å². The molecule has 44 heavy (non-hydrogen) atoms. The molecule has 0 amide bonds. The lowest BCUT2D eigenvalue weighted by atomic mass is 10.2. The second-order valence-corrected chi connectivity index (χ2v) is 10.1. The van der Waals surface area contributed by atoms with Gasteiger partial charge < -0.3 is 20.1 Å². The summed E-state index contributed by atoms with van der Waals surface area (Å²) < 4.78 is 24.5. The fourth-order valence-corrected chi connectivity index (χ4v) is 4.35. The molecule has 13 heteroatoms. The highest BCUT2D eigenvalue weighted by molar-refractivity contribution is 5.86. The molecule has 3 N–H and O–H groups in total. The maximum Gasteiger partial charge on any atom is 0.342 e. The van der Waals surface area contributed by atoms with Crippen molar-refractivity contribution in [3.63, 3.8) is 0 Å². The van der Waals surface area contributed by atoms with Crippen LogP contribution in [0.4, 0.5) is 10.1 Å². The summed E-state index contributed by atoms with van der Waals surface area (Å²) in [7, 11) is 1.94. The highest BCUT2D eigenvalue weighted by Crippen LogP contribution is 2.31. The maximum atomic E-state index is 13.0. The van der Waals surface area contributed by atoms with Crippen molar-refractivity contribution < 1.29 is 19.0 Å². The third kappa shape index (κ3) is 6.11. The fourth-order valence-electron chi connectivity index (χ4n) is 4.35. The summed E-state index contributed by atoms with van der Waals surface area (Å²) >= 11 is 0. The van der Waals surface area contributed by atoms with Gasteiger partial charge in [-0.25, -0.2) is 28.0 Å². The van der Waals surface area contributed by atoms with E-state index in [1.54, 1.807) is 30.9 Å². The number of anilines is 1. The van der Waals surface area contributed by atoms with E-state index in [1.807, 2.05) is 60.4 Å². The van der Waals surface area contributed by atoms with Crippen molar-refractivity contribution in [2.75, 3.05) is 5.73 Å². The number of aromatic nitrogens is 6. The van der Waals surface area contributed by atoms with Crippen LogP contribution in [0.3, 0.4) is 0 Å². The van der Waals surface area contributed by atoms with Crippen LogP contribution in [-0.2, 0) is 7.05 Å². The molecule has 0 aliphatic heterocycles. The number of rotatable bonds is 6. The SMILES string of the molecule is CC(C)n1cc(C(=O)O)c(=O)n(-c2ccc(F)cc2)c1=O.Cn1cnc(-c2cc(Oc3ccc(N)cc3)c3ccnn3c2)c1. The van der Waals surface area contributed by atoms with Crippen molar-refractivity contribution in [2.24, 2.45) is 7.05 Å². The molecule has 6 rings (SSSR count). The number of benzene rings is 2. The normalized spacial score (nSPS) is 10.9. The number of pyridine rings is 1. The van der Waals surface area contributed by atoms with Crippen molar-refractivity contribution in [3.8, 4) is 28.4 Å². The zero-order valence-electron chi connectivity index (χ0n) is 24.0. The number of carboxylic acid groups (broad SMARTS) is 1. The van der Waals surface area contributed by atoms with Gasteiger partial charge in [0.15, 0.2) is 5.75 Å². The predicted octanol–water partition coefficient (Wildman–Crippen LogP) is 4.53.